The molecule has 0 atom stereocenters. The third-order valence-electron chi connectivity index (χ3n) is 3.78. The first-order chi connectivity index (χ1) is 10.8. The summed E-state index contributed by atoms with van der Waals surface area (Å²) in [5, 5.41) is 3.54. The van der Waals surface area contributed by atoms with Crippen LogP contribution in [-0.2, 0) is 13.0 Å². The van der Waals surface area contributed by atoms with Crippen molar-refractivity contribution in [1.82, 2.24) is 19.6 Å². The van der Waals surface area contributed by atoms with E-state index in [2.05, 4.69) is 27.2 Å². The van der Waals surface area contributed by atoms with E-state index in [1.807, 2.05) is 30.5 Å². The minimum Gasteiger partial charge on any atom is -0.314 e. The number of H-pyrrole nitrogens is 1. The zero-order valence-corrected chi connectivity index (χ0v) is 11.8. The Morgan fingerprint density at radius 3 is 2.86 bits per heavy atom. The summed E-state index contributed by atoms with van der Waals surface area (Å²) in [7, 11) is 0. The van der Waals surface area contributed by atoms with Crippen molar-refractivity contribution in [2.45, 2.75) is 13.0 Å². The summed E-state index contributed by atoms with van der Waals surface area (Å²) in [5.74, 6) is 0.550. The molecule has 0 spiro atoms. The van der Waals surface area contributed by atoms with E-state index in [-0.39, 0.29) is 5.56 Å². The topological polar surface area (TPSA) is 67.7 Å². The van der Waals surface area contributed by atoms with E-state index in [1.165, 1.54) is 5.56 Å². The van der Waals surface area contributed by atoms with Gasteiger partial charge in [-0.05, 0) is 18.1 Å². The van der Waals surface area contributed by atoms with Crippen LogP contribution in [0, 0.1) is 0 Å². The van der Waals surface area contributed by atoms with Crippen LogP contribution in [0.25, 0.3) is 16.7 Å². The minimum atomic E-state index is -0.0371. The highest BCUT2D eigenvalue weighted by molar-refractivity contribution is 5.73. The van der Waals surface area contributed by atoms with Gasteiger partial charge in [-0.1, -0.05) is 40.3 Å². The fourth-order valence-corrected chi connectivity index (χ4v) is 2.62. The quantitative estimate of drug-likeness (QED) is 0.575. The molecule has 3 aromatic heterocycles. The molecular weight excluding hydrogens is 278 g/mol. The summed E-state index contributed by atoms with van der Waals surface area (Å²) in [6, 6.07) is 12.1. The van der Waals surface area contributed by atoms with Crippen LogP contribution in [0.3, 0.4) is 0 Å². The Morgan fingerprint density at radius 1 is 1.14 bits per heavy atom. The fraction of sp³-hybridized carbons (Fsp3) is 0.125. The summed E-state index contributed by atoms with van der Waals surface area (Å²) >= 11 is 0. The lowest BCUT2D eigenvalue weighted by molar-refractivity contribution is -0.551. The van der Waals surface area contributed by atoms with E-state index in [0.29, 0.717) is 17.7 Å². The maximum atomic E-state index is 12.6. The summed E-state index contributed by atoms with van der Waals surface area (Å²) in [4.78, 5) is 20.9. The van der Waals surface area contributed by atoms with Crippen LogP contribution in [0.2, 0.25) is 0 Å². The van der Waals surface area contributed by atoms with Gasteiger partial charge in [-0.3, -0.25) is 4.79 Å². The van der Waals surface area contributed by atoms with Gasteiger partial charge < -0.3 is 4.57 Å². The number of rotatable bonds is 3. The van der Waals surface area contributed by atoms with E-state index in [1.54, 1.807) is 21.6 Å². The van der Waals surface area contributed by atoms with Gasteiger partial charge in [0.25, 0.3) is 5.56 Å². The van der Waals surface area contributed by atoms with Crippen molar-refractivity contribution < 1.29 is 4.52 Å². The van der Waals surface area contributed by atoms with E-state index < -0.39 is 0 Å². The van der Waals surface area contributed by atoms with Crippen LogP contribution in [0.15, 0.2) is 59.9 Å². The smallest absolute Gasteiger partial charge is 0.314 e. The van der Waals surface area contributed by atoms with Crippen molar-refractivity contribution in [3.63, 3.8) is 0 Å². The monoisotopic (exact) mass is 292 g/mol. The molecule has 4 aromatic rings. The molecule has 0 aliphatic carbocycles. The summed E-state index contributed by atoms with van der Waals surface area (Å²) in [5.41, 5.74) is 1.96. The number of aryl methyl sites for hydroxylation is 2. The lowest BCUT2D eigenvalue weighted by Crippen LogP contribution is -2.30. The van der Waals surface area contributed by atoms with Crippen molar-refractivity contribution in [1.29, 1.82) is 0 Å². The van der Waals surface area contributed by atoms with Gasteiger partial charge in [0.1, 0.15) is 17.1 Å². The molecule has 0 unspecified atom stereocenters. The molecule has 0 radical (unpaired) electrons. The van der Waals surface area contributed by atoms with Gasteiger partial charge in [-0.25, -0.2) is 5.10 Å². The van der Waals surface area contributed by atoms with Crippen molar-refractivity contribution in [2.75, 3.05) is 0 Å². The van der Waals surface area contributed by atoms with E-state index in [9.17, 15) is 4.79 Å². The summed E-state index contributed by atoms with van der Waals surface area (Å²) < 4.78 is 3.43. The largest absolute Gasteiger partial charge is 0.457 e. The Balaban J connectivity index is 1.75. The molecule has 0 amide bonds. The highest BCUT2D eigenvalue weighted by atomic mass is 16.1. The first-order valence-corrected chi connectivity index (χ1v) is 7.10. The van der Waals surface area contributed by atoms with Gasteiger partial charge in [0.05, 0.1) is 0 Å². The molecule has 22 heavy (non-hydrogen) atoms. The standard InChI is InChI=1S/C16H13N5O/c22-15-13-10-17-16-18-11-19-21(16)14(13)7-9-20(15)8-6-12-4-2-1-3-5-12/h1-5,7,9-11H,6,8H2/p+1. The molecular formula is C16H14N5O+. The number of aromatic nitrogens is 5. The summed E-state index contributed by atoms with van der Waals surface area (Å²) in [6.45, 7) is 0.643. The van der Waals surface area contributed by atoms with Gasteiger partial charge in [0, 0.05) is 12.7 Å². The lowest BCUT2D eigenvalue weighted by Gasteiger charge is -2.06. The van der Waals surface area contributed by atoms with Crippen molar-refractivity contribution in [3.05, 3.63) is 71.0 Å². The average molecular weight is 292 g/mol. The number of hydrogen-bond acceptors (Lipinski definition) is 3. The number of nitrogens with zero attached hydrogens (tertiary/aromatic N) is 4. The Labute approximate surface area is 125 Å². The molecule has 0 fully saturated rings. The number of pyridine rings is 1. The molecule has 108 valence electrons. The molecule has 0 bridgehead atoms. The fourth-order valence-electron chi connectivity index (χ4n) is 2.62. The van der Waals surface area contributed by atoms with E-state index in [0.717, 1.165) is 11.9 Å². The average Bonchev–Trinajstić information content (AvgIpc) is 3.04. The number of fused-ring (bicyclic) bond motifs is 3. The maximum Gasteiger partial charge on any atom is 0.457 e. The normalized spacial score (nSPS) is 11.3. The van der Waals surface area contributed by atoms with Crippen molar-refractivity contribution in [3.8, 4) is 0 Å². The van der Waals surface area contributed by atoms with Gasteiger partial charge >= 0.3 is 5.78 Å². The van der Waals surface area contributed by atoms with E-state index >= 15 is 0 Å². The molecule has 0 aliphatic rings. The molecule has 4 rings (SSSR count). The summed E-state index contributed by atoms with van der Waals surface area (Å²) in [6.07, 6.45) is 5.79. The van der Waals surface area contributed by atoms with Gasteiger partial charge in [-0.2, -0.15) is 0 Å². The Bertz CT molecular complexity index is 1000. The SMILES string of the molecule is O=c1c2cnc3nc[nH][n+]3c2ccn1CCc1ccccc1. The maximum absolute atomic E-state index is 12.6. The van der Waals surface area contributed by atoms with Gasteiger partial charge in [-0.15, -0.1) is 4.52 Å². The zero-order chi connectivity index (χ0) is 14.9. The first kappa shape index (κ1) is 12.7. The lowest BCUT2D eigenvalue weighted by atomic mass is 10.1. The van der Waals surface area contributed by atoms with Gasteiger partial charge in [0.15, 0.2) is 6.33 Å². The number of nitrogens with one attached hydrogen (secondary N) is 1. The first-order valence-electron chi connectivity index (χ1n) is 7.10. The van der Waals surface area contributed by atoms with Crippen LogP contribution in [-0.4, -0.2) is 19.6 Å². The molecule has 0 aliphatic heterocycles. The predicted octanol–water partition coefficient (Wildman–Crippen LogP) is 1.10. The number of aromatic amines is 1. The van der Waals surface area contributed by atoms with Crippen LogP contribution >= 0.6 is 0 Å². The minimum absolute atomic E-state index is 0.0371. The Kier molecular flexibility index (Phi) is 2.93. The molecule has 6 heteroatoms. The number of benzene rings is 1. The molecule has 1 N–H and O–H groups in total. The Morgan fingerprint density at radius 2 is 2.00 bits per heavy atom. The molecule has 0 saturated heterocycles. The highest BCUT2D eigenvalue weighted by Crippen LogP contribution is 2.05. The van der Waals surface area contributed by atoms with Crippen LogP contribution in [0.4, 0.5) is 0 Å². The van der Waals surface area contributed by atoms with Crippen LogP contribution in [0.1, 0.15) is 5.56 Å². The molecule has 3 heterocycles. The number of hydrogen-bond donors (Lipinski definition) is 1. The van der Waals surface area contributed by atoms with Crippen LogP contribution in [0.5, 0.6) is 0 Å². The molecule has 6 nitrogen and oxygen atoms in total. The second-order valence-electron chi connectivity index (χ2n) is 5.13. The predicted molar refractivity (Wildman–Crippen MR) is 81.5 cm³/mol. The van der Waals surface area contributed by atoms with Gasteiger partial charge in [0.2, 0.25) is 0 Å². The van der Waals surface area contributed by atoms with E-state index in [4.69, 9.17) is 0 Å². The van der Waals surface area contributed by atoms with Crippen LogP contribution < -0.4 is 10.1 Å². The third kappa shape index (κ3) is 2.05. The Hall–Kier alpha value is -3.02. The highest BCUT2D eigenvalue weighted by Gasteiger charge is 2.14. The van der Waals surface area contributed by atoms with Crippen molar-refractivity contribution >= 4 is 16.7 Å². The van der Waals surface area contributed by atoms with Crippen molar-refractivity contribution in [2.24, 2.45) is 0 Å². The zero-order valence-electron chi connectivity index (χ0n) is 11.8. The molecule has 1 aromatic carbocycles. The molecule has 0 saturated carbocycles. The second kappa shape index (κ2) is 5.07. The second-order valence-corrected chi connectivity index (χ2v) is 5.13. The third-order valence-corrected chi connectivity index (χ3v) is 3.78.